The van der Waals surface area contributed by atoms with Crippen LogP contribution in [0.5, 0.6) is 0 Å². The molecule has 2 unspecified atom stereocenters. The highest BCUT2D eigenvalue weighted by Crippen LogP contribution is 2.63. The maximum atomic E-state index is 14.2. The maximum Gasteiger partial charge on any atom is 0.248 e. The first-order chi connectivity index (χ1) is 17.6. The van der Waals surface area contributed by atoms with Gasteiger partial charge in [0.25, 0.3) is 0 Å². The van der Waals surface area contributed by atoms with Crippen LogP contribution in [0.2, 0.25) is 0 Å². The van der Waals surface area contributed by atoms with Crippen molar-refractivity contribution in [1.82, 2.24) is 14.7 Å². The van der Waals surface area contributed by atoms with Gasteiger partial charge in [0.05, 0.1) is 24.0 Å². The summed E-state index contributed by atoms with van der Waals surface area (Å²) < 4.78 is 6.68. The highest BCUT2D eigenvalue weighted by molar-refractivity contribution is 5.99. The molecule has 1 N–H and O–H groups in total. The Hall–Kier alpha value is -2.97. The molecule has 3 fully saturated rings. The lowest BCUT2D eigenvalue weighted by Crippen LogP contribution is -2.57. The van der Waals surface area contributed by atoms with E-state index in [9.17, 15) is 19.5 Å². The molecule has 3 aliphatic rings. The van der Waals surface area contributed by atoms with Crippen molar-refractivity contribution in [1.29, 1.82) is 0 Å². The molecule has 3 heterocycles. The van der Waals surface area contributed by atoms with Crippen LogP contribution in [-0.2, 0) is 25.7 Å². The number of fused-ring (bicyclic) bond motifs is 1. The van der Waals surface area contributed by atoms with Crippen molar-refractivity contribution in [3.05, 3.63) is 61.2 Å². The van der Waals surface area contributed by atoms with Crippen molar-refractivity contribution in [2.45, 2.75) is 63.4 Å². The molecule has 0 aromatic heterocycles. The summed E-state index contributed by atoms with van der Waals surface area (Å²) in [6, 6.07) is 8.68. The van der Waals surface area contributed by atoms with E-state index in [0.717, 1.165) is 5.56 Å². The lowest BCUT2D eigenvalue weighted by Gasteiger charge is -2.38. The first-order valence-corrected chi connectivity index (χ1v) is 13.1. The van der Waals surface area contributed by atoms with Gasteiger partial charge in [0.15, 0.2) is 0 Å². The summed E-state index contributed by atoms with van der Waals surface area (Å²) in [4.78, 5) is 47.0. The van der Waals surface area contributed by atoms with Gasteiger partial charge < -0.3 is 24.5 Å². The number of likely N-dealkylation sites (tertiary alicyclic amines) is 1. The molecular weight excluding hydrogens is 470 g/mol. The van der Waals surface area contributed by atoms with Crippen molar-refractivity contribution in [3.63, 3.8) is 0 Å². The zero-order valence-corrected chi connectivity index (χ0v) is 22.1. The number of hydrogen-bond acceptors (Lipinski definition) is 5. The third-order valence-corrected chi connectivity index (χ3v) is 8.23. The maximum absolute atomic E-state index is 14.2. The summed E-state index contributed by atoms with van der Waals surface area (Å²) in [5, 5.41) is 9.81. The Kier molecular flexibility index (Phi) is 7.62. The molecule has 3 saturated heterocycles. The van der Waals surface area contributed by atoms with Crippen molar-refractivity contribution >= 4 is 17.7 Å². The van der Waals surface area contributed by atoms with Gasteiger partial charge in [-0.3, -0.25) is 14.4 Å². The molecule has 200 valence electrons. The van der Waals surface area contributed by atoms with Crippen molar-refractivity contribution in [3.8, 4) is 0 Å². The van der Waals surface area contributed by atoms with Crippen LogP contribution in [0.25, 0.3) is 0 Å². The lowest BCUT2D eigenvalue weighted by molar-refractivity contribution is -0.154. The predicted octanol–water partition coefficient (Wildman–Crippen LogP) is 2.38. The molecule has 37 heavy (non-hydrogen) atoms. The van der Waals surface area contributed by atoms with Crippen LogP contribution in [0.1, 0.15) is 39.2 Å². The molecule has 3 amide bonds. The molecule has 3 aliphatic heterocycles. The number of hydrogen-bond donors (Lipinski definition) is 1. The van der Waals surface area contributed by atoms with Crippen molar-refractivity contribution < 1.29 is 24.2 Å². The van der Waals surface area contributed by atoms with Crippen LogP contribution in [0, 0.1) is 11.8 Å². The summed E-state index contributed by atoms with van der Waals surface area (Å²) in [5.41, 5.74) is -0.996. The highest BCUT2D eigenvalue weighted by atomic mass is 16.5. The number of ether oxygens (including phenoxy) is 1. The average molecular weight is 510 g/mol. The van der Waals surface area contributed by atoms with E-state index in [1.165, 1.54) is 4.90 Å². The molecule has 2 bridgehead atoms. The number of benzene rings is 1. The second-order valence-electron chi connectivity index (χ2n) is 10.8. The SMILES string of the molecule is C=CCN(Cc1ccccc1)C(=O)[C@@H]1[C@H]2C(=O)N(CCO)C(C(=O)N(CC=C)C(C)C)C23CC[C@@]1(C)O3. The lowest BCUT2D eigenvalue weighted by atomic mass is 9.66. The Morgan fingerprint density at radius 3 is 2.43 bits per heavy atom. The van der Waals surface area contributed by atoms with Crippen LogP contribution in [0.4, 0.5) is 0 Å². The van der Waals surface area contributed by atoms with E-state index in [1.54, 1.807) is 22.0 Å². The van der Waals surface area contributed by atoms with Crippen LogP contribution in [0.3, 0.4) is 0 Å². The number of carbonyl (C=O) groups is 3. The van der Waals surface area contributed by atoms with Gasteiger partial charge in [-0.25, -0.2) is 0 Å². The van der Waals surface area contributed by atoms with Crippen LogP contribution in [0.15, 0.2) is 55.6 Å². The van der Waals surface area contributed by atoms with E-state index in [0.29, 0.717) is 32.5 Å². The second kappa shape index (κ2) is 10.4. The average Bonchev–Trinajstić information content (AvgIpc) is 3.43. The Labute approximate surface area is 219 Å². The Bertz CT molecular complexity index is 1060. The number of nitrogens with zero attached hydrogens (tertiary/aromatic N) is 3. The minimum absolute atomic E-state index is 0.00882. The van der Waals surface area contributed by atoms with Gasteiger partial charge in [-0.05, 0) is 39.2 Å². The molecule has 0 saturated carbocycles. The topological polar surface area (TPSA) is 90.4 Å². The minimum Gasteiger partial charge on any atom is -0.395 e. The molecule has 1 aromatic carbocycles. The summed E-state index contributed by atoms with van der Waals surface area (Å²) >= 11 is 0. The van der Waals surface area contributed by atoms with Crippen LogP contribution < -0.4 is 0 Å². The number of amides is 3. The number of rotatable bonds is 11. The first-order valence-electron chi connectivity index (χ1n) is 13.1. The molecule has 0 radical (unpaired) electrons. The van der Waals surface area contributed by atoms with E-state index in [2.05, 4.69) is 13.2 Å². The predicted molar refractivity (Wildman–Crippen MR) is 140 cm³/mol. The fourth-order valence-corrected chi connectivity index (χ4v) is 6.67. The molecule has 5 atom stereocenters. The summed E-state index contributed by atoms with van der Waals surface area (Å²) in [6.45, 7) is 14.1. The largest absolute Gasteiger partial charge is 0.395 e. The van der Waals surface area contributed by atoms with Gasteiger partial charge >= 0.3 is 0 Å². The zero-order chi connectivity index (χ0) is 27.0. The van der Waals surface area contributed by atoms with Gasteiger partial charge in [-0.1, -0.05) is 42.5 Å². The van der Waals surface area contributed by atoms with Gasteiger partial charge in [-0.15, -0.1) is 13.2 Å². The smallest absolute Gasteiger partial charge is 0.248 e. The number of carbonyl (C=O) groups excluding carboxylic acids is 3. The standard InChI is InChI=1S/C29H39N3O5/c1-6-15-30(19-21-11-9-8-10-12-21)25(34)22-23-26(35)32(17-18-33)24(27(36)31(16-7-2)20(3)4)29(23)14-13-28(22,5)37-29/h6-12,20,22-24,33H,1-2,13-19H2,3-5H3/t22-,23-,24?,28+,29?/m0/s1. The van der Waals surface area contributed by atoms with Crippen LogP contribution >= 0.6 is 0 Å². The molecule has 8 heteroatoms. The number of aliphatic hydroxyl groups is 1. The summed E-state index contributed by atoms with van der Waals surface area (Å²) in [5.74, 6) is -2.23. The molecule has 0 aliphatic carbocycles. The van der Waals surface area contributed by atoms with Crippen LogP contribution in [-0.4, -0.2) is 87.1 Å². The minimum atomic E-state index is -1.11. The Morgan fingerprint density at radius 2 is 1.84 bits per heavy atom. The van der Waals surface area contributed by atoms with E-state index in [1.807, 2.05) is 51.1 Å². The second-order valence-corrected chi connectivity index (χ2v) is 10.8. The third kappa shape index (κ3) is 4.40. The third-order valence-electron chi connectivity index (χ3n) is 8.23. The Morgan fingerprint density at radius 1 is 1.16 bits per heavy atom. The van der Waals surface area contributed by atoms with E-state index in [-0.39, 0.29) is 36.9 Å². The molecule has 1 aromatic rings. The molecule has 1 spiro atoms. The van der Waals surface area contributed by atoms with Gasteiger partial charge in [0, 0.05) is 32.2 Å². The molecular formula is C29H39N3O5. The summed E-state index contributed by atoms with van der Waals surface area (Å²) in [7, 11) is 0. The monoisotopic (exact) mass is 509 g/mol. The molecule has 8 nitrogen and oxygen atoms in total. The van der Waals surface area contributed by atoms with E-state index < -0.39 is 29.1 Å². The quantitative estimate of drug-likeness (QED) is 0.463. The van der Waals surface area contributed by atoms with E-state index >= 15 is 0 Å². The van der Waals surface area contributed by atoms with Gasteiger partial charge in [0.2, 0.25) is 17.7 Å². The summed E-state index contributed by atoms with van der Waals surface area (Å²) in [6.07, 6.45) is 4.42. The van der Waals surface area contributed by atoms with Gasteiger partial charge in [0.1, 0.15) is 11.6 Å². The van der Waals surface area contributed by atoms with Gasteiger partial charge in [-0.2, -0.15) is 0 Å². The highest BCUT2D eigenvalue weighted by Gasteiger charge is 2.78. The van der Waals surface area contributed by atoms with Crippen molar-refractivity contribution in [2.24, 2.45) is 11.8 Å². The fraction of sp³-hybridized carbons (Fsp3) is 0.552. The normalized spacial score (nSPS) is 29.9. The van der Waals surface area contributed by atoms with E-state index in [4.69, 9.17) is 4.74 Å². The van der Waals surface area contributed by atoms with Crippen molar-refractivity contribution in [2.75, 3.05) is 26.2 Å². The Balaban J connectivity index is 1.74. The first kappa shape index (κ1) is 27.1. The molecule has 4 rings (SSSR count). The fourth-order valence-electron chi connectivity index (χ4n) is 6.67. The number of β-amino-alcohol motifs (C(OH)–C–C–N with tert-alkyl or cyclic N) is 1. The number of aliphatic hydroxyl groups excluding tert-OH is 1. The zero-order valence-electron chi connectivity index (χ0n) is 22.1.